The molecule has 2 heteroatoms. The third-order valence-electron chi connectivity index (χ3n) is 5.57. The second-order valence-electron chi connectivity index (χ2n) is 6.85. The van der Waals surface area contributed by atoms with Crippen molar-refractivity contribution in [2.75, 3.05) is 7.11 Å². The predicted molar refractivity (Wildman–Crippen MR) is 83.9 cm³/mol. The molecule has 0 heterocycles. The van der Waals surface area contributed by atoms with Crippen molar-refractivity contribution in [3.63, 3.8) is 0 Å². The molecule has 4 rings (SSSR count). The summed E-state index contributed by atoms with van der Waals surface area (Å²) in [4.78, 5) is 12.0. The molecule has 2 aliphatic carbocycles. The number of carbonyl (C=O) groups excluding carboxylic acids is 1. The van der Waals surface area contributed by atoms with Crippen LogP contribution in [-0.4, -0.2) is 12.9 Å². The first-order chi connectivity index (χ1) is 10.1. The molecule has 21 heavy (non-hydrogen) atoms. The van der Waals surface area contributed by atoms with E-state index < -0.39 is 0 Å². The molecule has 0 amide bonds. The van der Waals surface area contributed by atoms with Crippen molar-refractivity contribution in [1.29, 1.82) is 0 Å². The molecule has 2 aliphatic rings. The van der Waals surface area contributed by atoms with Crippen LogP contribution in [0.1, 0.15) is 43.2 Å². The van der Waals surface area contributed by atoms with Crippen molar-refractivity contribution < 1.29 is 9.53 Å². The van der Waals surface area contributed by atoms with Crippen LogP contribution < -0.4 is 4.74 Å². The van der Waals surface area contributed by atoms with Crippen LogP contribution in [0.5, 0.6) is 5.75 Å². The van der Waals surface area contributed by atoms with Crippen molar-refractivity contribution in [1.82, 2.24) is 0 Å². The Labute approximate surface area is 125 Å². The van der Waals surface area contributed by atoms with Gasteiger partial charge in [0.05, 0.1) is 7.11 Å². The minimum atomic E-state index is 0.185. The van der Waals surface area contributed by atoms with Crippen molar-refractivity contribution in [2.45, 2.75) is 38.5 Å². The maximum absolute atomic E-state index is 12.0. The highest BCUT2D eigenvalue weighted by atomic mass is 16.5. The highest BCUT2D eigenvalue weighted by Crippen LogP contribution is 2.55. The zero-order valence-electron chi connectivity index (χ0n) is 12.6. The number of hydrogen-bond donors (Lipinski definition) is 0. The van der Waals surface area contributed by atoms with Crippen LogP contribution in [0, 0.1) is 5.41 Å². The van der Waals surface area contributed by atoms with E-state index >= 15 is 0 Å². The van der Waals surface area contributed by atoms with Gasteiger partial charge in [0, 0.05) is 12.8 Å². The molecular formula is C19H20O2. The highest BCUT2D eigenvalue weighted by molar-refractivity contribution is 5.90. The topological polar surface area (TPSA) is 26.3 Å². The molecule has 0 unspecified atom stereocenters. The average molecular weight is 280 g/mol. The molecule has 0 aliphatic heterocycles. The monoisotopic (exact) mass is 280 g/mol. The SMILES string of the molecule is COc1ccc2c3c(ccc2c1)[C@H]1CC(=O)C[C@]1(C)CC3. The van der Waals surface area contributed by atoms with Crippen molar-refractivity contribution in [3.05, 3.63) is 41.5 Å². The number of aryl methyl sites for hydroxylation is 1. The van der Waals surface area contributed by atoms with Gasteiger partial charge in [0.2, 0.25) is 0 Å². The number of fused-ring (bicyclic) bond motifs is 5. The third kappa shape index (κ3) is 1.81. The van der Waals surface area contributed by atoms with Gasteiger partial charge in [-0.05, 0) is 58.2 Å². The second kappa shape index (κ2) is 4.33. The lowest BCUT2D eigenvalue weighted by atomic mass is 9.66. The number of rotatable bonds is 1. The van der Waals surface area contributed by atoms with Crippen LogP contribution in [-0.2, 0) is 11.2 Å². The van der Waals surface area contributed by atoms with Crippen molar-refractivity contribution in [3.8, 4) is 5.75 Å². The number of hydrogen-bond acceptors (Lipinski definition) is 2. The Morgan fingerprint density at radius 3 is 2.90 bits per heavy atom. The van der Waals surface area contributed by atoms with Crippen LogP contribution in [0.25, 0.3) is 10.8 Å². The van der Waals surface area contributed by atoms with Gasteiger partial charge in [0.1, 0.15) is 11.5 Å². The fraction of sp³-hybridized carbons (Fsp3) is 0.421. The van der Waals surface area contributed by atoms with Crippen LogP contribution in [0.2, 0.25) is 0 Å². The summed E-state index contributed by atoms with van der Waals surface area (Å²) in [5.41, 5.74) is 3.05. The maximum atomic E-state index is 12.0. The largest absolute Gasteiger partial charge is 0.497 e. The first-order valence-electron chi connectivity index (χ1n) is 7.72. The smallest absolute Gasteiger partial charge is 0.134 e. The molecule has 0 saturated heterocycles. The Hall–Kier alpha value is -1.83. The standard InChI is InChI=1S/C19H20O2/c1-19-8-7-16-15-6-4-14(21-2)9-12(15)3-5-17(16)18(19)10-13(20)11-19/h3-6,9,18H,7-8,10-11H2,1-2H3/t18-,19+/m1/s1. The lowest BCUT2D eigenvalue weighted by Crippen LogP contribution is -2.26. The number of carbonyl (C=O) groups is 1. The van der Waals surface area contributed by atoms with E-state index in [1.807, 2.05) is 6.07 Å². The molecule has 0 N–H and O–H groups in total. The van der Waals surface area contributed by atoms with Gasteiger partial charge in [-0.15, -0.1) is 0 Å². The summed E-state index contributed by atoms with van der Waals surface area (Å²) in [6.45, 7) is 2.30. The van der Waals surface area contributed by atoms with Crippen LogP contribution in [0.4, 0.5) is 0 Å². The molecule has 0 aromatic heterocycles. The zero-order valence-corrected chi connectivity index (χ0v) is 12.6. The number of methoxy groups -OCH3 is 1. The summed E-state index contributed by atoms with van der Waals surface area (Å²) in [6.07, 6.45) is 3.70. The Bertz CT molecular complexity index is 747. The van der Waals surface area contributed by atoms with Gasteiger partial charge >= 0.3 is 0 Å². The van der Waals surface area contributed by atoms with E-state index in [2.05, 4.69) is 31.2 Å². The second-order valence-corrected chi connectivity index (χ2v) is 6.85. The van der Waals surface area contributed by atoms with E-state index in [1.54, 1.807) is 7.11 Å². The third-order valence-corrected chi connectivity index (χ3v) is 5.57. The van der Waals surface area contributed by atoms with E-state index in [1.165, 1.54) is 21.9 Å². The Morgan fingerprint density at radius 2 is 2.10 bits per heavy atom. The van der Waals surface area contributed by atoms with Crippen LogP contribution >= 0.6 is 0 Å². The zero-order chi connectivity index (χ0) is 14.6. The number of Topliss-reactive ketones (excluding diaryl/α,β-unsaturated/α-hetero) is 1. The lowest BCUT2D eigenvalue weighted by Gasteiger charge is -2.37. The molecule has 0 radical (unpaired) electrons. The molecule has 0 spiro atoms. The van der Waals surface area contributed by atoms with Crippen molar-refractivity contribution in [2.24, 2.45) is 5.41 Å². The van der Waals surface area contributed by atoms with E-state index in [9.17, 15) is 4.79 Å². The first kappa shape index (κ1) is 12.9. The first-order valence-corrected chi connectivity index (χ1v) is 7.72. The van der Waals surface area contributed by atoms with Crippen molar-refractivity contribution >= 4 is 16.6 Å². The Balaban J connectivity index is 1.90. The Kier molecular flexibility index (Phi) is 2.66. The average Bonchev–Trinajstić information content (AvgIpc) is 2.80. The minimum absolute atomic E-state index is 0.185. The van der Waals surface area contributed by atoms with Gasteiger partial charge in [0.15, 0.2) is 0 Å². The molecule has 108 valence electrons. The highest BCUT2D eigenvalue weighted by Gasteiger charge is 2.46. The van der Waals surface area contributed by atoms with Gasteiger partial charge in [-0.25, -0.2) is 0 Å². The molecule has 2 aromatic rings. The molecular weight excluding hydrogens is 260 g/mol. The summed E-state index contributed by atoms with van der Waals surface area (Å²) < 4.78 is 5.32. The fourth-order valence-electron chi connectivity index (χ4n) is 4.40. The summed E-state index contributed by atoms with van der Waals surface area (Å²) in [5, 5.41) is 2.57. The van der Waals surface area contributed by atoms with Gasteiger partial charge in [-0.1, -0.05) is 25.1 Å². The maximum Gasteiger partial charge on any atom is 0.134 e. The number of benzene rings is 2. The summed E-state index contributed by atoms with van der Waals surface area (Å²) in [5.74, 6) is 1.75. The molecule has 0 bridgehead atoms. The normalized spacial score (nSPS) is 27.5. The quantitative estimate of drug-likeness (QED) is 0.780. The van der Waals surface area contributed by atoms with Crippen LogP contribution in [0.15, 0.2) is 30.3 Å². The molecule has 1 fully saturated rings. The number of ketones is 1. The molecule has 1 saturated carbocycles. The molecule has 2 atom stereocenters. The lowest BCUT2D eigenvalue weighted by molar-refractivity contribution is -0.118. The van der Waals surface area contributed by atoms with E-state index in [0.29, 0.717) is 11.7 Å². The summed E-state index contributed by atoms with van der Waals surface area (Å²) >= 11 is 0. The minimum Gasteiger partial charge on any atom is -0.497 e. The fourth-order valence-corrected chi connectivity index (χ4v) is 4.40. The molecule has 2 aromatic carbocycles. The summed E-state index contributed by atoms with van der Waals surface area (Å²) in [7, 11) is 1.70. The van der Waals surface area contributed by atoms with Gasteiger partial charge in [-0.3, -0.25) is 4.79 Å². The van der Waals surface area contributed by atoms with E-state index in [-0.39, 0.29) is 5.41 Å². The van der Waals surface area contributed by atoms with Gasteiger partial charge in [-0.2, -0.15) is 0 Å². The predicted octanol–water partition coefficient (Wildman–Crippen LogP) is 4.25. The van der Waals surface area contributed by atoms with Crippen LogP contribution in [0.3, 0.4) is 0 Å². The molecule has 2 nitrogen and oxygen atoms in total. The van der Waals surface area contributed by atoms with Gasteiger partial charge in [0.25, 0.3) is 0 Å². The van der Waals surface area contributed by atoms with E-state index in [4.69, 9.17) is 4.74 Å². The number of ether oxygens (including phenoxy) is 1. The summed E-state index contributed by atoms with van der Waals surface area (Å²) in [6, 6.07) is 10.7. The van der Waals surface area contributed by atoms with E-state index in [0.717, 1.165) is 31.4 Å². The Morgan fingerprint density at radius 1 is 1.24 bits per heavy atom. The van der Waals surface area contributed by atoms with Gasteiger partial charge < -0.3 is 4.74 Å².